The number of alkyl halides is 1. The van der Waals surface area contributed by atoms with Gasteiger partial charge in [0, 0.05) is 18.3 Å². The summed E-state index contributed by atoms with van der Waals surface area (Å²) >= 11 is 3.34. The molecule has 1 aliphatic heterocycles. The lowest BCUT2D eigenvalue weighted by Gasteiger charge is -2.20. The summed E-state index contributed by atoms with van der Waals surface area (Å²) in [5.74, 6) is 0.250. The van der Waals surface area contributed by atoms with Crippen molar-refractivity contribution in [1.82, 2.24) is 4.90 Å². The van der Waals surface area contributed by atoms with Gasteiger partial charge in [0.25, 0.3) is 0 Å². The van der Waals surface area contributed by atoms with Gasteiger partial charge < -0.3 is 0 Å². The van der Waals surface area contributed by atoms with Crippen LogP contribution in [-0.2, 0) is 9.59 Å². The zero-order valence-electron chi connectivity index (χ0n) is 8.84. The Labute approximate surface area is 93.0 Å². The molecule has 1 fully saturated rings. The van der Waals surface area contributed by atoms with Crippen LogP contribution in [0.5, 0.6) is 0 Å². The van der Waals surface area contributed by atoms with E-state index < -0.39 is 5.41 Å². The fraction of sp³-hybridized carbons (Fsp3) is 0.800. The average molecular weight is 262 g/mol. The van der Waals surface area contributed by atoms with E-state index in [0.29, 0.717) is 18.9 Å². The summed E-state index contributed by atoms with van der Waals surface area (Å²) in [6, 6.07) is 0. The summed E-state index contributed by atoms with van der Waals surface area (Å²) in [4.78, 5) is 24.7. The summed E-state index contributed by atoms with van der Waals surface area (Å²) < 4.78 is 0. The number of nitrogens with zero attached hydrogens (tertiary/aromatic N) is 1. The number of rotatable bonds is 3. The van der Waals surface area contributed by atoms with Crippen molar-refractivity contribution in [2.75, 3.05) is 11.9 Å². The van der Waals surface area contributed by atoms with Crippen molar-refractivity contribution in [2.24, 2.45) is 11.3 Å². The Kier molecular flexibility index (Phi) is 3.35. The van der Waals surface area contributed by atoms with Gasteiger partial charge in [-0.1, -0.05) is 36.7 Å². The summed E-state index contributed by atoms with van der Waals surface area (Å²) in [6.45, 7) is 6.20. The molecule has 0 spiro atoms. The molecule has 0 aromatic rings. The average Bonchev–Trinajstić information content (AvgIpc) is 2.28. The van der Waals surface area contributed by atoms with Crippen molar-refractivity contribution >= 4 is 27.7 Å². The molecule has 4 heteroatoms. The van der Waals surface area contributed by atoms with Crippen LogP contribution in [0.1, 0.15) is 27.2 Å². The molecule has 0 N–H and O–H groups in total. The van der Waals surface area contributed by atoms with E-state index in [0.717, 1.165) is 5.33 Å². The van der Waals surface area contributed by atoms with E-state index in [2.05, 4.69) is 15.9 Å². The lowest BCUT2D eigenvalue weighted by molar-refractivity contribution is -0.141. The minimum atomic E-state index is -0.497. The second-order valence-corrected chi connectivity index (χ2v) is 5.28. The third kappa shape index (κ3) is 2.16. The van der Waals surface area contributed by atoms with Gasteiger partial charge in [-0.3, -0.25) is 14.5 Å². The number of hydrogen-bond donors (Lipinski definition) is 0. The van der Waals surface area contributed by atoms with Crippen LogP contribution in [0.15, 0.2) is 0 Å². The first-order valence-electron chi connectivity index (χ1n) is 4.79. The number of carbonyl (C=O) groups is 2. The molecule has 0 saturated carbocycles. The van der Waals surface area contributed by atoms with E-state index in [-0.39, 0.29) is 11.8 Å². The van der Waals surface area contributed by atoms with Crippen molar-refractivity contribution in [3.63, 3.8) is 0 Å². The molecule has 0 aliphatic carbocycles. The second kappa shape index (κ2) is 4.01. The van der Waals surface area contributed by atoms with E-state index in [1.165, 1.54) is 4.90 Å². The third-order valence-electron chi connectivity index (χ3n) is 2.48. The van der Waals surface area contributed by atoms with Crippen LogP contribution in [0, 0.1) is 11.3 Å². The minimum Gasteiger partial charge on any atom is -0.282 e. The monoisotopic (exact) mass is 261 g/mol. The predicted octanol–water partition coefficient (Wildman–Crippen LogP) is 1.80. The minimum absolute atomic E-state index is 0.0321. The first kappa shape index (κ1) is 11.7. The molecule has 1 heterocycles. The smallest absolute Gasteiger partial charge is 0.235 e. The number of carbonyl (C=O) groups excluding carboxylic acids is 2. The fourth-order valence-electron chi connectivity index (χ4n) is 1.57. The molecule has 80 valence electrons. The highest BCUT2D eigenvalue weighted by molar-refractivity contribution is 9.09. The van der Waals surface area contributed by atoms with Gasteiger partial charge in [0.05, 0.1) is 5.41 Å². The molecule has 1 aliphatic rings. The summed E-state index contributed by atoms with van der Waals surface area (Å²) in [5.41, 5.74) is -0.497. The molecule has 1 unspecified atom stereocenters. The van der Waals surface area contributed by atoms with E-state index in [1.54, 1.807) is 0 Å². The molecular weight excluding hydrogens is 246 g/mol. The summed E-state index contributed by atoms with van der Waals surface area (Å²) in [6.07, 6.45) is 0.348. The molecule has 1 saturated heterocycles. The van der Waals surface area contributed by atoms with Crippen molar-refractivity contribution in [1.29, 1.82) is 0 Å². The Hall–Kier alpha value is -0.380. The molecule has 0 bridgehead atoms. The van der Waals surface area contributed by atoms with Gasteiger partial charge in [-0.15, -0.1) is 0 Å². The highest BCUT2D eigenvalue weighted by atomic mass is 79.9. The van der Waals surface area contributed by atoms with E-state index in [9.17, 15) is 9.59 Å². The number of likely N-dealkylation sites (tertiary alicyclic amines) is 1. The van der Waals surface area contributed by atoms with Gasteiger partial charge >= 0.3 is 0 Å². The Morgan fingerprint density at radius 3 is 2.43 bits per heavy atom. The summed E-state index contributed by atoms with van der Waals surface area (Å²) in [7, 11) is 0. The maximum Gasteiger partial charge on any atom is 0.235 e. The van der Waals surface area contributed by atoms with Crippen molar-refractivity contribution < 1.29 is 9.59 Å². The summed E-state index contributed by atoms with van der Waals surface area (Å²) in [5, 5.41) is 0.810. The largest absolute Gasteiger partial charge is 0.282 e. The van der Waals surface area contributed by atoms with Crippen molar-refractivity contribution in [3.8, 4) is 0 Å². The SMILES string of the molecule is CC(CBr)CN1C(=O)CC(C)(C)C1=O. The lowest BCUT2D eigenvalue weighted by atomic mass is 9.92. The van der Waals surface area contributed by atoms with E-state index in [4.69, 9.17) is 0 Å². The molecular formula is C10H16BrNO2. The Balaban J connectivity index is 2.71. The second-order valence-electron chi connectivity index (χ2n) is 4.63. The predicted molar refractivity (Wildman–Crippen MR) is 58.1 cm³/mol. The van der Waals surface area contributed by atoms with Gasteiger partial charge in [0.15, 0.2) is 0 Å². The standard InChI is InChI=1S/C10H16BrNO2/c1-7(5-11)6-12-8(13)4-10(2,3)9(12)14/h7H,4-6H2,1-3H3. The molecule has 2 amide bonds. The van der Waals surface area contributed by atoms with Crippen LogP contribution in [-0.4, -0.2) is 28.6 Å². The number of halogens is 1. The number of hydrogen-bond acceptors (Lipinski definition) is 2. The van der Waals surface area contributed by atoms with Gasteiger partial charge in [0.1, 0.15) is 0 Å². The van der Waals surface area contributed by atoms with Crippen molar-refractivity contribution in [2.45, 2.75) is 27.2 Å². The van der Waals surface area contributed by atoms with Crippen LogP contribution >= 0.6 is 15.9 Å². The molecule has 1 atom stereocenters. The first-order chi connectivity index (χ1) is 6.38. The maximum absolute atomic E-state index is 11.8. The van der Waals surface area contributed by atoms with Crippen LogP contribution < -0.4 is 0 Å². The normalized spacial score (nSPS) is 23.0. The van der Waals surface area contributed by atoms with Gasteiger partial charge in [0.2, 0.25) is 11.8 Å². The zero-order chi connectivity index (χ0) is 10.9. The number of imide groups is 1. The zero-order valence-corrected chi connectivity index (χ0v) is 10.4. The van der Waals surface area contributed by atoms with Crippen LogP contribution in [0.4, 0.5) is 0 Å². The van der Waals surface area contributed by atoms with Crippen LogP contribution in [0.3, 0.4) is 0 Å². The Morgan fingerprint density at radius 2 is 2.07 bits per heavy atom. The Morgan fingerprint density at radius 1 is 1.50 bits per heavy atom. The van der Waals surface area contributed by atoms with Crippen molar-refractivity contribution in [3.05, 3.63) is 0 Å². The highest BCUT2D eigenvalue weighted by Gasteiger charge is 2.44. The fourth-order valence-corrected chi connectivity index (χ4v) is 1.78. The first-order valence-corrected chi connectivity index (χ1v) is 5.91. The molecule has 1 rings (SSSR count). The topological polar surface area (TPSA) is 37.4 Å². The maximum atomic E-state index is 11.8. The van der Waals surface area contributed by atoms with Gasteiger partial charge in [-0.2, -0.15) is 0 Å². The van der Waals surface area contributed by atoms with Gasteiger partial charge in [-0.25, -0.2) is 0 Å². The molecule has 0 radical (unpaired) electrons. The van der Waals surface area contributed by atoms with E-state index >= 15 is 0 Å². The van der Waals surface area contributed by atoms with E-state index in [1.807, 2.05) is 20.8 Å². The highest BCUT2D eigenvalue weighted by Crippen LogP contribution is 2.31. The van der Waals surface area contributed by atoms with Gasteiger partial charge in [-0.05, 0) is 5.92 Å². The van der Waals surface area contributed by atoms with Crippen LogP contribution in [0.2, 0.25) is 0 Å². The quantitative estimate of drug-likeness (QED) is 0.574. The van der Waals surface area contributed by atoms with Crippen LogP contribution in [0.25, 0.3) is 0 Å². The molecule has 0 aromatic carbocycles. The molecule has 14 heavy (non-hydrogen) atoms. The Bertz CT molecular complexity index is 263. The number of amides is 2. The lowest BCUT2D eigenvalue weighted by Crippen LogP contribution is -2.36. The third-order valence-corrected chi connectivity index (χ3v) is 3.58. The molecule has 0 aromatic heterocycles. The molecule has 3 nitrogen and oxygen atoms in total.